The van der Waals surface area contributed by atoms with Crippen LogP contribution in [0.1, 0.15) is 24.9 Å². The van der Waals surface area contributed by atoms with Gasteiger partial charge in [0.05, 0.1) is 0 Å². The summed E-state index contributed by atoms with van der Waals surface area (Å²) in [6.45, 7) is 2.77. The number of aliphatic imine (C=N–C) groups is 1. The highest BCUT2D eigenvalue weighted by Crippen LogP contribution is 2.22. The normalized spacial score (nSPS) is 20.1. The van der Waals surface area contributed by atoms with E-state index in [2.05, 4.69) is 40.7 Å². The van der Waals surface area contributed by atoms with Gasteiger partial charge in [0, 0.05) is 6.54 Å². The zero-order valence-corrected chi connectivity index (χ0v) is 11.4. The van der Waals surface area contributed by atoms with Gasteiger partial charge in [0.1, 0.15) is 6.04 Å². The van der Waals surface area contributed by atoms with Crippen LogP contribution in [0.15, 0.2) is 47.5 Å². The fraction of sp³-hybridized carbons (Fsp3) is 0.250. The van der Waals surface area contributed by atoms with Crippen molar-refractivity contribution in [1.29, 1.82) is 0 Å². The van der Waals surface area contributed by atoms with Crippen LogP contribution in [0.5, 0.6) is 0 Å². The number of guanidine groups is 1. The van der Waals surface area contributed by atoms with Gasteiger partial charge in [0.2, 0.25) is 0 Å². The van der Waals surface area contributed by atoms with Crippen LogP contribution in [-0.2, 0) is 4.79 Å². The van der Waals surface area contributed by atoms with Gasteiger partial charge >= 0.3 is 0 Å². The Morgan fingerprint density at radius 1 is 1.15 bits per heavy atom. The first-order valence-electron chi connectivity index (χ1n) is 6.88. The molecule has 1 atom stereocenters. The number of rotatable bonds is 3. The van der Waals surface area contributed by atoms with Gasteiger partial charge in [-0.15, -0.1) is 0 Å². The Kier molecular flexibility index (Phi) is 3.37. The van der Waals surface area contributed by atoms with Crippen LogP contribution >= 0.6 is 0 Å². The minimum atomic E-state index is -0.352. The molecule has 0 spiro atoms. The molecule has 102 valence electrons. The SMILES string of the molecule is CCCN=C1NC(=O)C(c2ccc3ccccc3c2)N1. The Morgan fingerprint density at radius 2 is 1.95 bits per heavy atom. The Bertz CT molecular complexity index is 678. The lowest BCUT2D eigenvalue weighted by Gasteiger charge is -2.09. The Hall–Kier alpha value is -2.36. The third-order valence-electron chi connectivity index (χ3n) is 3.39. The van der Waals surface area contributed by atoms with Crippen LogP contribution in [0, 0.1) is 0 Å². The predicted molar refractivity (Wildman–Crippen MR) is 80.6 cm³/mol. The Labute approximate surface area is 117 Å². The minimum absolute atomic E-state index is 0.0462. The minimum Gasteiger partial charge on any atom is -0.340 e. The first kappa shape index (κ1) is 12.7. The molecule has 0 aliphatic carbocycles. The summed E-state index contributed by atoms with van der Waals surface area (Å²) < 4.78 is 0. The topological polar surface area (TPSA) is 53.5 Å². The standard InChI is InChI=1S/C16H17N3O/c1-2-9-17-16-18-14(15(20)19-16)13-8-7-11-5-3-4-6-12(11)10-13/h3-8,10,14H,2,9H2,1H3,(H2,17,18,19,20). The van der Waals surface area contributed by atoms with E-state index in [1.54, 1.807) is 0 Å². The molecule has 1 aliphatic rings. The average Bonchev–Trinajstić information content (AvgIpc) is 2.85. The number of carbonyl (C=O) groups excluding carboxylic acids is 1. The molecule has 1 aliphatic heterocycles. The molecule has 2 aromatic carbocycles. The van der Waals surface area contributed by atoms with E-state index in [0.29, 0.717) is 12.5 Å². The molecule has 2 N–H and O–H groups in total. The van der Waals surface area contributed by atoms with Gasteiger partial charge < -0.3 is 5.32 Å². The molecule has 1 heterocycles. The number of hydrogen-bond acceptors (Lipinski definition) is 2. The zero-order chi connectivity index (χ0) is 13.9. The van der Waals surface area contributed by atoms with Crippen molar-refractivity contribution in [3.63, 3.8) is 0 Å². The predicted octanol–water partition coefficient (Wildman–Crippen LogP) is 2.37. The maximum absolute atomic E-state index is 12.0. The molecule has 3 rings (SSSR count). The molecule has 4 heteroatoms. The van der Waals surface area contributed by atoms with E-state index in [1.807, 2.05) is 24.3 Å². The van der Waals surface area contributed by atoms with E-state index in [1.165, 1.54) is 5.39 Å². The second-order valence-electron chi connectivity index (χ2n) is 4.90. The number of benzene rings is 2. The van der Waals surface area contributed by atoms with E-state index in [4.69, 9.17) is 0 Å². The summed E-state index contributed by atoms with van der Waals surface area (Å²) in [5.74, 6) is 0.533. The Balaban J connectivity index is 1.89. The van der Waals surface area contributed by atoms with E-state index < -0.39 is 0 Å². The van der Waals surface area contributed by atoms with E-state index in [9.17, 15) is 4.79 Å². The fourth-order valence-corrected chi connectivity index (χ4v) is 2.36. The summed E-state index contributed by atoms with van der Waals surface area (Å²) in [7, 11) is 0. The van der Waals surface area contributed by atoms with Gasteiger partial charge in [-0.2, -0.15) is 0 Å². The molecule has 1 unspecified atom stereocenters. The summed E-state index contributed by atoms with van der Waals surface area (Å²) in [5.41, 5.74) is 0.961. The first-order valence-corrected chi connectivity index (χ1v) is 6.88. The highest BCUT2D eigenvalue weighted by Gasteiger charge is 2.29. The molecule has 4 nitrogen and oxygen atoms in total. The maximum Gasteiger partial charge on any atom is 0.253 e. The van der Waals surface area contributed by atoms with Gasteiger partial charge in [0.15, 0.2) is 5.96 Å². The number of amides is 1. The van der Waals surface area contributed by atoms with Crippen molar-refractivity contribution in [3.8, 4) is 0 Å². The number of hydrogen-bond donors (Lipinski definition) is 2. The molecule has 2 aromatic rings. The van der Waals surface area contributed by atoms with E-state index in [-0.39, 0.29) is 11.9 Å². The van der Waals surface area contributed by atoms with Crippen molar-refractivity contribution < 1.29 is 4.79 Å². The maximum atomic E-state index is 12.0. The summed E-state index contributed by atoms with van der Waals surface area (Å²) in [4.78, 5) is 16.3. The molecule has 1 amide bonds. The van der Waals surface area contributed by atoms with Crippen molar-refractivity contribution in [1.82, 2.24) is 10.6 Å². The molecular formula is C16H17N3O. The van der Waals surface area contributed by atoms with Crippen LogP contribution in [0.2, 0.25) is 0 Å². The third-order valence-corrected chi connectivity index (χ3v) is 3.39. The lowest BCUT2D eigenvalue weighted by atomic mass is 10.0. The number of nitrogens with one attached hydrogen (secondary N) is 2. The first-order chi connectivity index (χ1) is 9.78. The molecular weight excluding hydrogens is 250 g/mol. The highest BCUT2D eigenvalue weighted by atomic mass is 16.2. The number of carbonyl (C=O) groups is 1. The van der Waals surface area contributed by atoms with Crippen LogP contribution in [0.4, 0.5) is 0 Å². The summed E-state index contributed by atoms with van der Waals surface area (Å²) in [6, 6.07) is 13.9. The zero-order valence-electron chi connectivity index (χ0n) is 11.4. The monoisotopic (exact) mass is 267 g/mol. The van der Waals surface area contributed by atoms with Crippen LogP contribution < -0.4 is 10.6 Å². The van der Waals surface area contributed by atoms with Crippen molar-refractivity contribution in [2.75, 3.05) is 6.54 Å². The quantitative estimate of drug-likeness (QED) is 0.897. The molecule has 0 radical (unpaired) electrons. The third kappa shape index (κ3) is 2.37. The second kappa shape index (κ2) is 5.33. The lowest BCUT2D eigenvalue weighted by Crippen LogP contribution is -2.25. The van der Waals surface area contributed by atoms with Crippen molar-refractivity contribution in [2.24, 2.45) is 4.99 Å². The van der Waals surface area contributed by atoms with Gasteiger partial charge in [-0.1, -0.05) is 43.3 Å². The second-order valence-corrected chi connectivity index (χ2v) is 4.90. The summed E-state index contributed by atoms with van der Waals surface area (Å²) in [5, 5.41) is 8.24. The molecule has 0 saturated carbocycles. The van der Waals surface area contributed by atoms with Gasteiger partial charge in [-0.25, -0.2) is 0 Å². The summed E-state index contributed by atoms with van der Waals surface area (Å²) >= 11 is 0. The van der Waals surface area contributed by atoms with Crippen molar-refractivity contribution in [2.45, 2.75) is 19.4 Å². The molecule has 0 bridgehead atoms. The van der Waals surface area contributed by atoms with Gasteiger partial charge in [0.25, 0.3) is 5.91 Å². The van der Waals surface area contributed by atoms with Gasteiger partial charge in [-0.3, -0.25) is 15.1 Å². The van der Waals surface area contributed by atoms with E-state index >= 15 is 0 Å². The molecule has 1 saturated heterocycles. The largest absolute Gasteiger partial charge is 0.340 e. The molecule has 0 aromatic heterocycles. The number of nitrogens with zero attached hydrogens (tertiary/aromatic N) is 1. The fourth-order valence-electron chi connectivity index (χ4n) is 2.36. The molecule has 20 heavy (non-hydrogen) atoms. The van der Waals surface area contributed by atoms with Crippen LogP contribution in [0.25, 0.3) is 10.8 Å². The smallest absolute Gasteiger partial charge is 0.253 e. The van der Waals surface area contributed by atoms with Crippen LogP contribution in [0.3, 0.4) is 0 Å². The average molecular weight is 267 g/mol. The van der Waals surface area contributed by atoms with Gasteiger partial charge in [-0.05, 0) is 28.8 Å². The highest BCUT2D eigenvalue weighted by molar-refractivity contribution is 6.07. The van der Waals surface area contributed by atoms with Crippen molar-refractivity contribution in [3.05, 3.63) is 48.0 Å². The number of fused-ring (bicyclic) bond motifs is 1. The Morgan fingerprint density at radius 3 is 2.75 bits per heavy atom. The summed E-state index contributed by atoms with van der Waals surface area (Å²) in [6.07, 6.45) is 0.960. The van der Waals surface area contributed by atoms with Crippen molar-refractivity contribution >= 4 is 22.6 Å². The lowest BCUT2D eigenvalue weighted by molar-refractivity contribution is -0.120. The molecule has 1 fully saturated rings. The van der Waals surface area contributed by atoms with Crippen LogP contribution in [-0.4, -0.2) is 18.4 Å². The van der Waals surface area contributed by atoms with E-state index in [0.717, 1.165) is 17.4 Å².